The van der Waals surface area contributed by atoms with Crippen LogP contribution in [0.2, 0.25) is 0 Å². The number of hydrogen-bond acceptors (Lipinski definition) is 5. The molecule has 1 saturated heterocycles. The highest BCUT2D eigenvalue weighted by Crippen LogP contribution is 2.18. The number of halogens is 1. The number of carbonyl (C=O) groups excluding carboxylic acids is 1. The molecule has 1 aromatic rings. The predicted octanol–water partition coefficient (Wildman–Crippen LogP) is 2.23. The van der Waals surface area contributed by atoms with E-state index in [1.165, 1.54) is 0 Å². The zero-order valence-corrected chi connectivity index (χ0v) is 22.0. The summed E-state index contributed by atoms with van der Waals surface area (Å²) in [6.45, 7) is 10.2. The normalized spacial score (nSPS) is 15.3. The number of guanidine groups is 1. The zero-order chi connectivity index (χ0) is 22.4. The minimum Gasteiger partial charge on any atom is -0.450 e. The Kier molecular flexibility index (Phi) is 10.5. The van der Waals surface area contributed by atoms with Gasteiger partial charge in [-0.3, -0.25) is 4.99 Å². The lowest BCUT2D eigenvalue weighted by Gasteiger charge is -2.35. The van der Waals surface area contributed by atoms with Crippen molar-refractivity contribution in [2.75, 3.05) is 39.8 Å². The van der Waals surface area contributed by atoms with Crippen LogP contribution in [-0.2, 0) is 21.3 Å². The van der Waals surface area contributed by atoms with Crippen LogP contribution >= 0.6 is 24.0 Å². The Bertz CT molecular complexity index is 863. The van der Waals surface area contributed by atoms with E-state index in [1.807, 2.05) is 31.7 Å². The van der Waals surface area contributed by atoms with Gasteiger partial charge in [-0.15, -0.1) is 24.0 Å². The Balaban J connectivity index is 0.00000480. The quantitative estimate of drug-likeness (QED) is 0.322. The van der Waals surface area contributed by atoms with Crippen molar-refractivity contribution >= 4 is 46.1 Å². The molecule has 2 N–H and O–H groups in total. The SMILES string of the molecule is CCOC(=O)N1CCN(C(=NC)NCc2ccccc2S(=O)(=O)NC(C)(C)C)CC1.I. The molecule has 0 saturated carbocycles. The molecule has 0 aliphatic carbocycles. The molecule has 0 aromatic heterocycles. The highest BCUT2D eigenvalue weighted by molar-refractivity contribution is 14.0. The van der Waals surface area contributed by atoms with Crippen LogP contribution in [0.15, 0.2) is 34.2 Å². The van der Waals surface area contributed by atoms with Crippen molar-refractivity contribution in [3.63, 3.8) is 0 Å². The summed E-state index contributed by atoms with van der Waals surface area (Å²) in [5.74, 6) is 0.662. The van der Waals surface area contributed by atoms with Gasteiger partial charge < -0.3 is 19.9 Å². The maximum absolute atomic E-state index is 12.8. The van der Waals surface area contributed by atoms with E-state index in [1.54, 1.807) is 37.1 Å². The molecule has 0 bridgehead atoms. The molecule has 9 nitrogen and oxygen atoms in total. The van der Waals surface area contributed by atoms with E-state index in [0.29, 0.717) is 50.9 Å². The molecule has 1 heterocycles. The fourth-order valence-corrected chi connectivity index (χ4v) is 4.85. The van der Waals surface area contributed by atoms with Gasteiger partial charge in [-0.2, -0.15) is 0 Å². The summed E-state index contributed by atoms with van der Waals surface area (Å²) in [5.41, 5.74) is 0.0779. The van der Waals surface area contributed by atoms with E-state index < -0.39 is 15.6 Å². The molecular weight excluding hydrogens is 533 g/mol. The van der Waals surface area contributed by atoms with E-state index >= 15 is 0 Å². The van der Waals surface area contributed by atoms with Gasteiger partial charge in [-0.1, -0.05) is 18.2 Å². The van der Waals surface area contributed by atoms with Crippen LogP contribution in [0.1, 0.15) is 33.3 Å². The Labute approximate surface area is 202 Å². The number of nitrogens with zero attached hydrogens (tertiary/aromatic N) is 3. The van der Waals surface area contributed by atoms with Gasteiger partial charge in [-0.25, -0.2) is 17.9 Å². The number of nitrogens with one attached hydrogen (secondary N) is 2. The minimum atomic E-state index is -3.65. The van der Waals surface area contributed by atoms with Crippen LogP contribution in [0.3, 0.4) is 0 Å². The van der Waals surface area contributed by atoms with Gasteiger partial charge in [0.25, 0.3) is 0 Å². The van der Waals surface area contributed by atoms with Crippen LogP contribution in [0.5, 0.6) is 0 Å². The Morgan fingerprint density at radius 3 is 2.26 bits per heavy atom. The molecule has 2 rings (SSSR count). The van der Waals surface area contributed by atoms with Crippen molar-refractivity contribution in [3.05, 3.63) is 29.8 Å². The largest absolute Gasteiger partial charge is 0.450 e. The lowest BCUT2D eigenvalue weighted by molar-refractivity contribution is 0.0914. The Hall–Kier alpha value is -1.60. The second kappa shape index (κ2) is 11.9. The van der Waals surface area contributed by atoms with Gasteiger partial charge in [0.1, 0.15) is 0 Å². The minimum absolute atomic E-state index is 0. The standard InChI is InChI=1S/C20H33N5O4S.HI/c1-6-29-19(26)25-13-11-24(12-14-25)18(21-5)22-15-16-9-7-8-10-17(16)30(27,28)23-20(2,3)4;/h7-10,23H,6,11-15H2,1-5H3,(H,21,22);1H. The van der Waals surface area contributed by atoms with Crippen molar-refractivity contribution in [3.8, 4) is 0 Å². The van der Waals surface area contributed by atoms with Gasteiger partial charge >= 0.3 is 6.09 Å². The highest BCUT2D eigenvalue weighted by Gasteiger charge is 2.26. The summed E-state index contributed by atoms with van der Waals surface area (Å²) in [4.78, 5) is 20.1. The fraction of sp³-hybridized carbons (Fsp3) is 0.600. The number of carbonyl (C=O) groups is 1. The molecule has 31 heavy (non-hydrogen) atoms. The predicted molar refractivity (Wildman–Crippen MR) is 132 cm³/mol. The Morgan fingerprint density at radius 1 is 1.13 bits per heavy atom. The van der Waals surface area contributed by atoms with Crippen LogP contribution in [-0.4, -0.2) is 75.6 Å². The molecule has 11 heteroatoms. The smallest absolute Gasteiger partial charge is 0.409 e. The lowest BCUT2D eigenvalue weighted by Crippen LogP contribution is -2.53. The van der Waals surface area contributed by atoms with Crippen LogP contribution in [0.25, 0.3) is 0 Å². The molecule has 0 radical (unpaired) electrons. The second-order valence-corrected chi connectivity index (χ2v) is 9.69. The number of ether oxygens (including phenoxy) is 1. The number of hydrogen-bond donors (Lipinski definition) is 2. The van der Waals surface area contributed by atoms with Gasteiger partial charge in [-0.05, 0) is 39.3 Å². The van der Waals surface area contributed by atoms with E-state index in [0.717, 1.165) is 0 Å². The maximum Gasteiger partial charge on any atom is 0.409 e. The number of aliphatic imine (C=N–C) groups is 1. The molecule has 1 aliphatic rings. The summed E-state index contributed by atoms with van der Waals surface area (Å²) < 4.78 is 33.4. The average Bonchev–Trinajstić information content (AvgIpc) is 2.67. The molecule has 1 fully saturated rings. The molecule has 1 aromatic carbocycles. The summed E-state index contributed by atoms with van der Waals surface area (Å²) in [5, 5.41) is 3.25. The van der Waals surface area contributed by atoms with Crippen LogP contribution in [0, 0.1) is 0 Å². The van der Waals surface area contributed by atoms with Crippen molar-refractivity contribution < 1.29 is 17.9 Å². The number of amides is 1. The summed E-state index contributed by atoms with van der Waals surface area (Å²) in [6.07, 6.45) is -0.300. The third-order valence-corrected chi connectivity index (χ3v) is 6.32. The fourth-order valence-electron chi connectivity index (χ4n) is 3.19. The highest BCUT2D eigenvalue weighted by atomic mass is 127. The van der Waals surface area contributed by atoms with Gasteiger partial charge in [0.05, 0.1) is 11.5 Å². The van der Waals surface area contributed by atoms with Crippen molar-refractivity contribution in [1.82, 2.24) is 19.8 Å². The molecule has 1 amide bonds. The molecule has 0 unspecified atom stereocenters. The van der Waals surface area contributed by atoms with E-state index in [-0.39, 0.29) is 35.0 Å². The van der Waals surface area contributed by atoms with E-state index in [9.17, 15) is 13.2 Å². The van der Waals surface area contributed by atoms with E-state index in [4.69, 9.17) is 4.74 Å². The third kappa shape index (κ3) is 8.11. The average molecular weight is 567 g/mol. The topological polar surface area (TPSA) is 103 Å². The van der Waals surface area contributed by atoms with Gasteiger partial charge in [0.15, 0.2) is 5.96 Å². The molecule has 176 valence electrons. The van der Waals surface area contributed by atoms with E-state index in [2.05, 4.69) is 15.0 Å². The molecule has 1 aliphatic heterocycles. The summed E-state index contributed by atoms with van der Waals surface area (Å²) in [7, 11) is -1.97. The zero-order valence-electron chi connectivity index (χ0n) is 18.8. The van der Waals surface area contributed by atoms with Gasteiger partial charge in [0, 0.05) is 45.3 Å². The molecular formula is C20H34IN5O4S. The number of piperazine rings is 1. The first-order valence-corrected chi connectivity index (χ1v) is 11.5. The monoisotopic (exact) mass is 567 g/mol. The molecule has 0 atom stereocenters. The van der Waals surface area contributed by atoms with Crippen LogP contribution in [0.4, 0.5) is 4.79 Å². The van der Waals surface area contributed by atoms with Gasteiger partial charge in [0.2, 0.25) is 10.0 Å². The summed E-state index contributed by atoms with van der Waals surface area (Å²) >= 11 is 0. The lowest BCUT2D eigenvalue weighted by atomic mass is 10.1. The third-order valence-electron chi connectivity index (χ3n) is 4.46. The first kappa shape index (κ1) is 27.4. The summed E-state index contributed by atoms with van der Waals surface area (Å²) in [6, 6.07) is 6.92. The number of sulfonamides is 1. The Morgan fingerprint density at radius 2 is 1.71 bits per heavy atom. The first-order chi connectivity index (χ1) is 14.1. The molecule has 0 spiro atoms. The first-order valence-electron chi connectivity index (χ1n) is 10.1. The number of benzene rings is 1. The maximum atomic E-state index is 12.8. The number of rotatable bonds is 5. The van der Waals surface area contributed by atoms with Crippen molar-refractivity contribution in [2.45, 2.75) is 44.7 Å². The van der Waals surface area contributed by atoms with Crippen molar-refractivity contribution in [1.29, 1.82) is 0 Å². The second-order valence-electron chi connectivity index (χ2n) is 8.04. The van der Waals surface area contributed by atoms with Crippen molar-refractivity contribution in [2.24, 2.45) is 4.99 Å². The van der Waals surface area contributed by atoms with Crippen LogP contribution < -0.4 is 10.0 Å².